The molecule has 10 heavy (non-hydrogen) atoms. The normalized spacial score (nSPS) is 33.1. The van der Waals surface area contributed by atoms with Gasteiger partial charge in [0.25, 0.3) is 0 Å². The topological polar surface area (TPSA) is 38.3 Å². The Kier molecular flexibility index (Phi) is 1.06. The van der Waals surface area contributed by atoms with Crippen LogP contribution in [-0.2, 0) is 9.53 Å². The van der Waals surface area contributed by atoms with Crippen LogP contribution in [0.5, 0.6) is 0 Å². The highest BCUT2D eigenvalue weighted by molar-refractivity contribution is 5.79. The minimum atomic E-state index is -0.0937. The van der Waals surface area contributed by atoms with E-state index in [-0.39, 0.29) is 12.0 Å². The fraction of sp³-hybridized carbons (Fsp3) is 0.857. The second kappa shape index (κ2) is 1.72. The lowest BCUT2D eigenvalue weighted by Crippen LogP contribution is -2.59. The maximum absolute atomic E-state index is 11.0. The van der Waals surface area contributed by atoms with Crippen molar-refractivity contribution in [3.05, 3.63) is 0 Å². The molecule has 1 atom stereocenters. The van der Waals surface area contributed by atoms with E-state index in [1.807, 2.05) is 0 Å². The van der Waals surface area contributed by atoms with E-state index in [0.29, 0.717) is 5.41 Å². The molecule has 1 aliphatic heterocycles. The molecule has 3 heteroatoms. The predicted octanol–water partition coefficient (Wildman–Crippen LogP) is -0.0886. The van der Waals surface area contributed by atoms with Gasteiger partial charge in [0.1, 0.15) is 6.04 Å². The molecular formula is C7H11NO2. The molecule has 2 fully saturated rings. The van der Waals surface area contributed by atoms with E-state index in [1.165, 1.54) is 20.0 Å². The second-order valence-corrected chi connectivity index (χ2v) is 3.20. The molecule has 1 spiro atoms. The van der Waals surface area contributed by atoms with Crippen LogP contribution >= 0.6 is 0 Å². The molecule has 2 rings (SSSR count). The number of carbonyl (C=O) groups excluding carboxylic acids is 1. The zero-order chi connectivity index (χ0) is 7.19. The van der Waals surface area contributed by atoms with Crippen LogP contribution in [0.4, 0.5) is 0 Å². The number of nitrogens with one attached hydrogen (secondary N) is 1. The summed E-state index contributed by atoms with van der Waals surface area (Å²) in [5.74, 6) is -0.0937. The standard InChI is InChI=1S/C7H11NO2/c1-10-6(9)5-7(2-3-7)4-8-5/h5,8H,2-4H2,1H3/t5-/m1/s1. The van der Waals surface area contributed by atoms with Crippen molar-refractivity contribution in [2.24, 2.45) is 5.41 Å². The Morgan fingerprint density at radius 2 is 2.40 bits per heavy atom. The minimum absolute atomic E-state index is 0.0116. The zero-order valence-corrected chi connectivity index (χ0v) is 6.02. The lowest BCUT2D eigenvalue weighted by Gasteiger charge is -2.36. The van der Waals surface area contributed by atoms with Crippen LogP contribution in [-0.4, -0.2) is 25.7 Å². The molecule has 1 saturated carbocycles. The molecular weight excluding hydrogens is 130 g/mol. The van der Waals surface area contributed by atoms with Gasteiger partial charge in [0.05, 0.1) is 7.11 Å². The summed E-state index contributed by atoms with van der Waals surface area (Å²) in [6, 6.07) is 0.0116. The summed E-state index contributed by atoms with van der Waals surface area (Å²) >= 11 is 0. The van der Waals surface area contributed by atoms with Gasteiger partial charge >= 0.3 is 5.97 Å². The van der Waals surface area contributed by atoms with E-state index >= 15 is 0 Å². The van der Waals surface area contributed by atoms with Crippen molar-refractivity contribution in [3.63, 3.8) is 0 Å². The summed E-state index contributed by atoms with van der Waals surface area (Å²) < 4.78 is 4.63. The molecule has 0 bridgehead atoms. The molecule has 0 aromatic heterocycles. The Bertz CT molecular complexity index is 174. The maximum atomic E-state index is 11.0. The van der Waals surface area contributed by atoms with Gasteiger partial charge in [-0.15, -0.1) is 0 Å². The van der Waals surface area contributed by atoms with Gasteiger partial charge in [-0.3, -0.25) is 4.79 Å². The summed E-state index contributed by atoms with van der Waals surface area (Å²) in [6.45, 7) is 1.01. The van der Waals surface area contributed by atoms with Gasteiger partial charge in [0.15, 0.2) is 0 Å². The molecule has 0 amide bonds. The molecule has 1 aliphatic carbocycles. The number of ether oxygens (including phenoxy) is 1. The van der Waals surface area contributed by atoms with Crippen LogP contribution in [0.1, 0.15) is 12.8 Å². The van der Waals surface area contributed by atoms with Crippen molar-refractivity contribution in [2.75, 3.05) is 13.7 Å². The van der Waals surface area contributed by atoms with Crippen LogP contribution in [0.25, 0.3) is 0 Å². The number of methoxy groups -OCH3 is 1. The first-order valence-corrected chi connectivity index (χ1v) is 3.60. The quantitative estimate of drug-likeness (QED) is 0.519. The van der Waals surface area contributed by atoms with Crippen molar-refractivity contribution in [3.8, 4) is 0 Å². The maximum Gasteiger partial charge on any atom is 0.323 e. The largest absolute Gasteiger partial charge is 0.468 e. The zero-order valence-electron chi connectivity index (χ0n) is 6.02. The van der Waals surface area contributed by atoms with Gasteiger partial charge in [-0.25, -0.2) is 0 Å². The second-order valence-electron chi connectivity index (χ2n) is 3.20. The highest BCUT2D eigenvalue weighted by Gasteiger charge is 2.59. The monoisotopic (exact) mass is 141 g/mol. The first kappa shape index (κ1) is 6.16. The summed E-state index contributed by atoms with van der Waals surface area (Å²) in [7, 11) is 1.44. The molecule has 1 N–H and O–H groups in total. The highest BCUT2D eigenvalue weighted by Crippen LogP contribution is 2.53. The molecule has 56 valence electrons. The van der Waals surface area contributed by atoms with Crippen LogP contribution < -0.4 is 5.32 Å². The first-order valence-electron chi connectivity index (χ1n) is 3.60. The lowest BCUT2D eigenvalue weighted by molar-refractivity contribution is -0.148. The third-order valence-electron chi connectivity index (χ3n) is 2.60. The van der Waals surface area contributed by atoms with Gasteiger partial charge in [-0.1, -0.05) is 0 Å². The molecule has 0 aromatic rings. The average Bonchev–Trinajstić information content (AvgIpc) is 2.65. The van der Waals surface area contributed by atoms with Gasteiger partial charge < -0.3 is 10.1 Å². The third kappa shape index (κ3) is 0.611. The van der Waals surface area contributed by atoms with E-state index in [0.717, 1.165) is 6.54 Å². The molecule has 3 nitrogen and oxygen atoms in total. The Morgan fingerprint density at radius 3 is 2.70 bits per heavy atom. The average molecular weight is 141 g/mol. The van der Waals surface area contributed by atoms with Crippen molar-refractivity contribution in [1.29, 1.82) is 0 Å². The molecule has 1 saturated heterocycles. The fourth-order valence-electron chi connectivity index (χ4n) is 1.57. The Labute approximate surface area is 59.7 Å². The number of hydrogen-bond acceptors (Lipinski definition) is 3. The van der Waals surface area contributed by atoms with Gasteiger partial charge in [-0.2, -0.15) is 0 Å². The predicted molar refractivity (Wildman–Crippen MR) is 35.5 cm³/mol. The first-order chi connectivity index (χ1) is 4.78. The van der Waals surface area contributed by atoms with E-state index in [4.69, 9.17) is 0 Å². The highest BCUT2D eigenvalue weighted by atomic mass is 16.5. The Morgan fingerprint density at radius 1 is 1.70 bits per heavy atom. The van der Waals surface area contributed by atoms with Gasteiger partial charge in [0, 0.05) is 12.0 Å². The minimum Gasteiger partial charge on any atom is -0.468 e. The lowest BCUT2D eigenvalue weighted by atomic mass is 9.88. The fourth-order valence-corrected chi connectivity index (χ4v) is 1.57. The molecule has 0 aromatic carbocycles. The Hall–Kier alpha value is -0.570. The summed E-state index contributed by atoms with van der Waals surface area (Å²) in [4.78, 5) is 11.0. The number of esters is 1. The number of hydrogen-bond donors (Lipinski definition) is 1. The van der Waals surface area contributed by atoms with E-state index < -0.39 is 0 Å². The Balaban J connectivity index is 2.00. The van der Waals surface area contributed by atoms with E-state index in [9.17, 15) is 4.79 Å². The smallest absolute Gasteiger partial charge is 0.323 e. The van der Waals surface area contributed by atoms with Crippen LogP contribution in [0.3, 0.4) is 0 Å². The van der Waals surface area contributed by atoms with E-state index in [1.54, 1.807) is 0 Å². The summed E-state index contributed by atoms with van der Waals surface area (Å²) in [5, 5.41) is 3.07. The van der Waals surface area contributed by atoms with Gasteiger partial charge in [-0.05, 0) is 12.8 Å². The van der Waals surface area contributed by atoms with Crippen molar-refractivity contribution in [1.82, 2.24) is 5.32 Å². The third-order valence-corrected chi connectivity index (χ3v) is 2.60. The van der Waals surface area contributed by atoms with Crippen molar-refractivity contribution >= 4 is 5.97 Å². The SMILES string of the molecule is COC(=O)[C@H]1NCC12CC2. The molecule has 1 heterocycles. The number of carbonyl (C=O) groups is 1. The summed E-state index contributed by atoms with van der Waals surface area (Å²) in [5.41, 5.74) is 0.326. The number of rotatable bonds is 1. The van der Waals surface area contributed by atoms with Crippen molar-refractivity contribution in [2.45, 2.75) is 18.9 Å². The van der Waals surface area contributed by atoms with Crippen molar-refractivity contribution < 1.29 is 9.53 Å². The van der Waals surface area contributed by atoms with Gasteiger partial charge in [0.2, 0.25) is 0 Å². The molecule has 2 aliphatic rings. The van der Waals surface area contributed by atoms with Crippen LogP contribution in [0.2, 0.25) is 0 Å². The molecule has 0 radical (unpaired) electrons. The summed E-state index contributed by atoms with van der Waals surface area (Å²) in [6.07, 6.45) is 2.39. The van der Waals surface area contributed by atoms with E-state index in [2.05, 4.69) is 10.1 Å². The molecule has 0 unspecified atom stereocenters. The van der Waals surface area contributed by atoms with Crippen LogP contribution in [0.15, 0.2) is 0 Å². The van der Waals surface area contributed by atoms with Crippen LogP contribution in [0, 0.1) is 5.41 Å².